The minimum atomic E-state index is -4.07. The molecule has 0 unspecified atom stereocenters. The van der Waals surface area contributed by atoms with Crippen molar-refractivity contribution in [2.45, 2.75) is 25.7 Å². The zero-order chi connectivity index (χ0) is 23.9. The van der Waals surface area contributed by atoms with Gasteiger partial charge in [-0.25, -0.2) is 8.42 Å². The summed E-state index contributed by atoms with van der Waals surface area (Å²) in [5.41, 5.74) is 2.34. The normalized spacial score (nSPS) is 14.5. The Balaban J connectivity index is 1.81. The van der Waals surface area contributed by atoms with E-state index in [2.05, 4.69) is 4.72 Å². The fourth-order valence-electron chi connectivity index (χ4n) is 3.92. The number of nitrogens with one attached hydrogen (secondary N) is 1. The van der Waals surface area contributed by atoms with Gasteiger partial charge in [0.15, 0.2) is 11.3 Å². The number of carbonyl (C=O) groups is 1. The first-order valence-electron chi connectivity index (χ1n) is 10.4. The van der Waals surface area contributed by atoms with Crippen molar-refractivity contribution in [1.82, 2.24) is 4.90 Å². The molecule has 2 heterocycles. The molecule has 0 atom stereocenters. The van der Waals surface area contributed by atoms with E-state index in [4.69, 9.17) is 25.5 Å². The van der Waals surface area contributed by atoms with E-state index >= 15 is 0 Å². The third-order valence-electron chi connectivity index (χ3n) is 5.86. The second-order valence-electron chi connectivity index (χ2n) is 7.94. The molecule has 0 bridgehead atoms. The molecule has 1 saturated heterocycles. The Bertz CT molecular complexity index is 1340. The monoisotopic (exact) mass is 492 g/mol. The van der Waals surface area contributed by atoms with Crippen LogP contribution in [0.4, 0.5) is 5.69 Å². The molecule has 2 aromatic carbocycles. The van der Waals surface area contributed by atoms with Gasteiger partial charge in [-0.2, -0.15) is 0 Å². The number of morpholine rings is 1. The first kappa shape index (κ1) is 23.4. The summed E-state index contributed by atoms with van der Waals surface area (Å²) in [6.45, 7) is 7.13. The number of methoxy groups -OCH3 is 1. The number of nitrogens with zero attached hydrogens (tertiary/aromatic N) is 1. The number of aryl methyl sites for hydroxylation is 2. The topological polar surface area (TPSA) is 98.1 Å². The Morgan fingerprint density at radius 1 is 1.12 bits per heavy atom. The van der Waals surface area contributed by atoms with Gasteiger partial charge in [0.2, 0.25) is 0 Å². The van der Waals surface area contributed by atoms with E-state index in [0.717, 1.165) is 5.56 Å². The van der Waals surface area contributed by atoms with E-state index in [1.54, 1.807) is 30.9 Å². The van der Waals surface area contributed by atoms with E-state index < -0.39 is 10.0 Å². The summed E-state index contributed by atoms with van der Waals surface area (Å²) in [6.07, 6.45) is 0. The quantitative estimate of drug-likeness (QED) is 0.570. The molecule has 1 fully saturated rings. The van der Waals surface area contributed by atoms with Crippen LogP contribution in [-0.4, -0.2) is 52.6 Å². The highest BCUT2D eigenvalue weighted by molar-refractivity contribution is 7.93. The van der Waals surface area contributed by atoms with Crippen molar-refractivity contribution in [2.24, 2.45) is 0 Å². The number of amides is 1. The summed E-state index contributed by atoms with van der Waals surface area (Å²) in [6, 6.07) is 6.46. The van der Waals surface area contributed by atoms with Crippen LogP contribution >= 0.6 is 11.6 Å². The molecule has 10 heteroatoms. The number of benzene rings is 2. The van der Waals surface area contributed by atoms with Crippen molar-refractivity contribution in [3.8, 4) is 5.75 Å². The van der Waals surface area contributed by atoms with Crippen LogP contribution < -0.4 is 9.46 Å². The van der Waals surface area contributed by atoms with Gasteiger partial charge in [0, 0.05) is 24.0 Å². The van der Waals surface area contributed by atoms with Crippen LogP contribution in [0.3, 0.4) is 0 Å². The third kappa shape index (κ3) is 4.28. The average Bonchev–Trinajstić information content (AvgIpc) is 3.09. The number of sulfonamides is 1. The fraction of sp³-hybridized carbons (Fsp3) is 0.348. The van der Waals surface area contributed by atoms with E-state index in [9.17, 15) is 13.2 Å². The molecule has 1 amide bonds. The van der Waals surface area contributed by atoms with Crippen LogP contribution in [0.15, 0.2) is 33.6 Å². The molecule has 0 radical (unpaired) electrons. The molecule has 33 heavy (non-hydrogen) atoms. The molecule has 0 saturated carbocycles. The zero-order valence-electron chi connectivity index (χ0n) is 18.8. The predicted octanol–water partition coefficient (Wildman–Crippen LogP) is 4.29. The van der Waals surface area contributed by atoms with Gasteiger partial charge in [0.25, 0.3) is 15.9 Å². The predicted molar refractivity (Wildman–Crippen MR) is 126 cm³/mol. The number of hydrogen-bond donors (Lipinski definition) is 1. The average molecular weight is 493 g/mol. The zero-order valence-corrected chi connectivity index (χ0v) is 20.4. The van der Waals surface area contributed by atoms with Gasteiger partial charge < -0.3 is 18.8 Å². The van der Waals surface area contributed by atoms with Gasteiger partial charge in [-0.15, -0.1) is 0 Å². The molecule has 3 aromatic rings. The highest BCUT2D eigenvalue weighted by Gasteiger charge is 2.30. The Morgan fingerprint density at radius 2 is 1.82 bits per heavy atom. The number of furan rings is 1. The van der Waals surface area contributed by atoms with Gasteiger partial charge >= 0.3 is 0 Å². The van der Waals surface area contributed by atoms with Crippen molar-refractivity contribution in [1.29, 1.82) is 0 Å². The van der Waals surface area contributed by atoms with Crippen LogP contribution in [0.2, 0.25) is 5.02 Å². The largest absolute Gasteiger partial charge is 0.495 e. The van der Waals surface area contributed by atoms with Crippen molar-refractivity contribution in [2.75, 3.05) is 38.1 Å². The van der Waals surface area contributed by atoms with Crippen molar-refractivity contribution >= 4 is 44.2 Å². The molecular formula is C23H25ClN2O6S. The number of carbonyl (C=O) groups excluding carboxylic acids is 1. The summed E-state index contributed by atoms with van der Waals surface area (Å²) in [7, 11) is -2.59. The molecule has 1 aromatic heterocycles. The van der Waals surface area contributed by atoms with Gasteiger partial charge in [-0.3, -0.25) is 9.52 Å². The summed E-state index contributed by atoms with van der Waals surface area (Å²) < 4.78 is 46.0. The molecule has 0 aliphatic carbocycles. The smallest absolute Gasteiger partial charge is 0.290 e. The highest BCUT2D eigenvalue weighted by atomic mass is 35.5. The molecule has 176 valence electrons. The molecule has 8 nitrogen and oxygen atoms in total. The minimum absolute atomic E-state index is 0.00596. The van der Waals surface area contributed by atoms with Crippen LogP contribution in [0.5, 0.6) is 5.75 Å². The number of hydrogen-bond acceptors (Lipinski definition) is 6. The first-order chi connectivity index (χ1) is 15.6. The Hall–Kier alpha value is -2.75. The number of ether oxygens (including phenoxy) is 2. The van der Waals surface area contributed by atoms with Gasteiger partial charge in [-0.05, 0) is 56.2 Å². The first-order valence-corrected chi connectivity index (χ1v) is 12.3. The summed E-state index contributed by atoms with van der Waals surface area (Å²) in [5.74, 6) is 0.294. The Labute approximate surface area is 197 Å². The lowest BCUT2D eigenvalue weighted by molar-refractivity contribution is 0.0283. The van der Waals surface area contributed by atoms with E-state index in [1.807, 2.05) is 13.0 Å². The van der Waals surface area contributed by atoms with E-state index in [0.29, 0.717) is 48.6 Å². The second kappa shape index (κ2) is 8.89. The Morgan fingerprint density at radius 3 is 2.45 bits per heavy atom. The van der Waals surface area contributed by atoms with Crippen LogP contribution in [0.25, 0.3) is 11.0 Å². The highest BCUT2D eigenvalue weighted by Crippen LogP contribution is 2.36. The molecule has 1 aliphatic rings. The molecule has 0 spiro atoms. The SMILES string of the molecule is COc1ccc(NS(=O)(=O)c2c(C)c(C)cc3c(C)c(C(=O)N4CCOCC4)oc23)cc1Cl. The maximum absolute atomic E-state index is 13.5. The lowest BCUT2D eigenvalue weighted by atomic mass is 10.0. The molecule has 4 rings (SSSR count). The number of halogens is 1. The number of fused-ring (bicyclic) bond motifs is 1. The lowest BCUT2D eigenvalue weighted by Gasteiger charge is -2.26. The fourth-order valence-corrected chi connectivity index (χ4v) is 5.67. The van der Waals surface area contributed by atoms with Gasteiger partial charge in [0.05, 0.1) is 31.0 Å². The molecular weight excluding hydrogens is 468 g/mol. The van der Waals surface area contributed by atoms with Crippen molar-refractivity contribution in [3.05, 3.63) is 51.7 Å². The minimum Gasteiger partial charge on any atom is -0.495 e. The van der Waals surface area contributed by atoms with Crippen LogP contribution in [0, 0.1) is 20.8 Å². The Kier molecular flexibility index (Phi) is 6.30. The summed E-state index contributed by atoms with van der Waals surface area (Å²) in [4.78, 5) is 14.7. The standard InChI is InChI=1S/C23H25ClN2O6S/c1-13-11-17-15(3)20(23(27)26-7-9-31-10-8-26)32-21(17)22(14(13)2)33(28,29)25-16-5-6-19(30-4)18(24)12-16/h5-6,11-12,25H,7-10H2,1-4H3. The number of rotatable bonds is 5. The van der Waals surface area contributed by atoms with Crippen LogP contribution in [-0.2, 0) is 14.8 Å². The maximum atomic E-state index is 13.5. The third-order valence-corrected chi connectivity index (χ3v) is 7.69. The summed E-state index contributed by atoms with van der Waals surface area (Å²) >= 11 is 6.16. The van der Waals surface area contributed by atoms with Gasteiger partial charge in [0.1, 0.15) is 10.6 Å². The number of anilines is 1. The van der Waals surface area contributed by atoms with Crippen molar-refractivity contribution < 1.29 is 27.1 Å². The maximum Gasteiger partial charge on any atom is 0.290 e. The molecule has 1 N–H and O–H groups in total. The molecule has 1 aliphatic heterocycles. The van der Waals surface area contributed by atoms with Crippen LogP contribution in [0.1, 0.15) is 27.2 Å². The van der Waals surface area contributed by atoms with Gasteiger partial charge in [-0.1, -0.05) is 11.6 Å². The van der Waals surface area contributed by atoms with E-state index in [-0.39, 0.29) is 32.9 Å². The summed E-state index contributed by atoms with van der Waals surface area (Å²) in [5, 5.41) is 0.860. The second-order valence-corrected chi connectivity index (χ2v) is 9.97. The lowest BCUT2D eigenvalue weighted by Crippen LogP contribution is -2.40. The van der Waals surface area contributed by atoms with E-state index in [1.165, 1.54) is 13.2 Å². The van der Waals surface area contributed by atoms with Crippen molar-refractivity contribution in [3.63, 3.8) is 0 Å².